The first-order valence-corrected chi connectivity index (χ1v) is 8.34. The van der Waals surface area contributed by atoms with Crippen LogP contribution in [0.1, 0.15) is 10.5 Å². The zero-order valence-corrected chi connectivity index (χ0v) is 14.1. The van der Waals surface area contributed by atoms with Crippen LogP contribution in [0.5, 0.6) is 11.5 Å². The summed E-state index contributed by atoms with van der Waals surface area (Å²) in [5, 5.41) is 2.82. The third-order valence-corrected chi connectivity index (χ3v) is 4.44. The van der Waals surface area contributed by atoms with Crippen LogP contribution in [-0.4, -0.2) is 55.2 Å². The van der Waals surface area contributed by atoms with Crippen molar-refractivity contribution in [3.63, 3.8) is 0 Å². The SMILES string of the molecule is O=CN1CCN(c2ccnc(C(=O)Nc3ccc4c(c3)OCO4)c2)CC1. The summed E-state index contributed by atoms with van der Waals surface area (Å²) < 4.78 is 10.6. The van der Waals surface area contributed by atoms with E-state index in [0.29, 0.717) is 36.0 Å². The molecule has 26 heavy (non-hydrogen) atoms. The van der Waals surface area contributed by atoms with Crippen molar-refractivity contribution in [2.75, 3.05) is 43.2 Å². The molecule has 0 bridgehead atoms. The Kier molecular flexibility index (Phi) is 4.30. The van der Waals surface area contributed by atoms with E-state index in [1.54, 1.807) is 35.4 Å². The summed E-state index contributed by atoms with van der Waals surface area (Å²) in [6.45, 7) is 2.99. The highest BCUT2D eigenvalue weighted by atomic mass is 16.7. The molecule has 0 spiro atoms. The Bertz CT molecular complexity index is 834. The Morgan fingerprint density at radius 3 is 2.69 bits per heavy atom. The highest BCUT2D eigenvalue weighted by molar-refractivity contribution is 6.03. The maximum Gasteiger partial charge on any atom is 0.274 e. The Labute approximate surface area is 150 Å². The molecule has 1 aromatic carbocycles. The third kappa shape index (κ3) is 3.26. The molecule has 134 valence electrons. The van der Waals surface area contributed by atoms with Crippen molar-refractivity contribution in [1.82, 2.24) is 9.88 Å². The van der Waals surface area contributed by atoms with E-state index in [1.165, 1.54) is 0 Å². The summed E-state index contributed by atoms with van der Waals surface area (Å²) >= 11 is 0. The molecule has 2 aliphatic rings. The predicted molar refractivity (Wildman–Crippen MR) is 94.6 cm³/mol. The first kappa shape index (κ1) is 16.2. The number of ether oxygens (including phenoxy) is 2. The van der Waals surface area contributed by atoms with Crippen LogP contribution in [0.4, 0.5) is 11.4 Å². The number of hydrogen-bond donors (Lipinski definition) is 1. The maximum absolute atomic E-state index is 12.5. The van der Waals surface area contributed by atoms with Crippen LogP contribution in [0.15, 0.2) is 36.5 Å². The van der Waals surface area contributed by atoms with Gasteiger partial charge < -0.3 is 24.6 Å². The molecule has 1 saturated heterocycles. The number of benzene rings is 1. The van der Waals surface area contributed by atoms with Crippen LogP contribution in [-0.2, 0) is 4.79 Å². The van der Waals surface area contributed by atoms with Gasteiger partial charge in [-0.1, -0.05) is 0 Å². The number of rotatable bonds is 4. The average Bonchev–Trinajstić information content (AvgIpc) is 3.16. The number of nitrogens with zero attached hydrogens (tertiary/aromatic N) is 3. The fourth-order valence-electron chi connectivity index (χ4n) is 3.00. The topological polar surface area (TPSA) is 84.0 Å². The molecule has 8 heteroatoms. The molecule has 1 aromatic heterocycles. The van der Waals surface area contributed by atoms with Crippen molar-refractivity contribution in [3.05, 3.63) is 42.2 Å². The molecule has 2 aromatic rings. The average molecular weight is 354 g/mol. The number of anilines is 2. The Morgan fingerprint density at radius 1 is 1.08 bits per heavy atom. The number of amides is 2. The highest BCUT2D eigenvalue weighted by Gasteiger charge is 2.18. The van der Waals surface area contributed by atoms with Gasteiger partial charge in [0.1, 0.15) is 5.69 Å². The summed E-state index contributed by atoms with van der Waals surface area (Å²) in [6, 6.07) is 8.87. The minimum Gasteiger partial charge on any atom is -0.454 e. The van der Waals surface area contributed by atoms with Gasteiger partial charge >= 0.3 is 0 Å². The Morgan fingerprint density at radius 2 is 1.88 bits per heavy atom. The van der Waals surface area contributed by atoms with E-state index in [9.17, 15) is 9.59 Å². The number of aromatic nitrogens is 1. The lowest BCUT2D eigenvalue weighted by Crippen LogP contribution is -2.45. The normalized spacial score (nSPS) is 15.7. The van der Waals surface area contributed by atoms with Gasteiger partial charge in [-0.15, -0.1) is 0 Å². The van der Waals surface area contributed by atoms with E-state index in [4.69, 9.17) is 9.47 Å². The lowest BCUT2D eigenvalue weighted by Gasteiger charge is -2.34. The molecular weight excluding hydrogens is 336 g/mol. The fourth-order valence-corrected chi connectivity index (χ4v) is 3.00. The molecule has 0 unspecified atom stereocenters. The second kappa shape index (κ2) is 6.91. The van der Waals surface area contributed by atoms with Crippen LogP contribution in [0.3, 0.4) is 0 Å². The Balaban J connectivity index is 1.46. The van der Waals surface area contributed by atoms with Crippen molar-refractivity contribution >= 4 is 23.7 Å². The maximum atomic E-state index is 12.5. The van der Waals surface area contributed by atoms with Gasteiger partial charge in [0.25, 0.3) is 5.91 Å². The van der Waals surface area contributed by atoms with Crippen LogP contribution < -0.4 is 19.7 Å². The molecule has 0 radical (unpaired) electrons. The second-order valence-corrected chi connectivity index (χ2v) is 6.05. The van der Waals surface area contributed by atoms with Crippen molar-refractivity contribution in [1.29, 1.82) is 0 Å². The highest BCUT2D eigenvalue weighted by Crippen LogP contribution is 2.34. The van der Waals surface area contributed by atoms with Crippen LogP contribution in [0, 0.1) is 0 Å². The van der Waals surface area contributed by atoms with Crippen LogP contribution in [0.2, 0.25) is 0 Å². The van der Waals surface area contributed by atoms with Gasteiger partial charge in [0.05, 0.1) is 0 Å². The van der Waals surface area contributed by atoms with E-state index < -0.39 is 0 Å². The zero-order chi connectivity index (χ0) is 17.9. The summed E-state index contributed by atoms with van der Waals surface area (Å²) in [4.78, 5) is 31.4. The molecule has 0 saturated carbocycles. The number of pyridine rings is 1. The number of carbonyl (C=O) groups is 2. The van der Waals surface area contributed by atoms with Crippen LogP contribution >= 0.6 is 0 Å². The van der Waals surface area contributed by atoms with E-state index in [2.05, 4.69) is 15.2 Å². The number of nitrogens with one attached hydrogen (secondary N) is 1. The van der Waals surface area contributed by atoms with Gasteiger partial charge in [-0.05, 0) is 24.3 Å². The van der Waals surface area contributed by atoms with Gasteiger partial charge in [0.15, 0.2) is 11.5 Å². The van der Waals surface area contributed by atoms with Crippen LogP contribution in [0.25, 0.3) is 0 Å². The van der Waals surface area contributed by atoms with Crippen molar-refractivity contribution in [2.45, 2.75) is 0 Å². The number of carbonyl (C=O) groups excluding carboxylic acids is 2. The lowest BCUT2D eigenvalue weighted by molar-refractivity contribution is -0.118. The van der Waals surface area contributed by atoms with Gasteiger partial charge in [-0.25, -0.2) is 0 Å². The molecule has 8 nitrogen and oxygen atoms in total. The largest absolute Gasteiger partial charge is 0.454 e. The minimum atomic E-state index is -0.294. The van der Waals surface area contributed by atoms with Crippen molar-refractivity contribution < 1.29 is 19.1 Å². The van der Waals surface area contributed by atoms with Gasteiger partial charge in [-0.3, -0.25) is 14.6 Å². The van der Waals surface area contributed by atoms with E-state index in [-0.39, 0.29) is 12.7 Å². The third-order valence-electron chi connectivity index (χ3n) is 4.44. The summed E-state index contributed by atoms with van der Waals surface area (Å²) in [7, 11) is 0. The summed E-state index contributed by atoms with van der Waals surface area (Å²) in [5.41, 5.74) is 1.87. The number of hydrogen-bond acceptors (Lipinski definition) is 6. The predicted octanol–water partition coefficient (Wildman–Crippen LogP) is 1.34. The summed E-state index contributed by atoms with van der Waals surface area (Å²) in [6.07, 6.45) is 2.49. The standard InChI is InChI=1S/C18H18N4O4/c23-11-21-5-7-22(8-6-21)14-3-4-19-15(10-14)18(24)20-13-1-2-16-17(9-13)26-12-25-16/h1-4,9-11H,5-8,12H2,(H,20,24). The fraction of sp³-hybridized carbons (Fsp3) is 0.278. The van der Waals surface area contributed by atoms with Crippen molar-refractivity contribution in [3.8, 4) is 11.5 Å². The molecular formula is C18H18N4O4. The number of fused-ring (bicyclic) bond motifs is 1. The molecule has 4 rings (SSSR count). The number of piperazine rings is 1. The molecule has 1 fully saturated rings. The quantitative estimate of drug-likeness (QED) is 0.835. The Hall–Kier alpha value is -3.29. The van der Waals surface area contributed by atoms with Crippen molar-refractivity contribution in [2.24, 2.45) is 0 Å². The monoisotopic (exact) mass is 354 g/mol. The molecule has 3 heterocycles. The second-order valence-electron chi connectivity index (χ2n) is 6.05. The van der Waals surface area contributed by atoms with Gasteiger partial charge in [0.2, 0.25) is 13.2 Å². The first-order valence-electron chi connectivity index (χ1n) is 8.34. The smallest absolute Gasteiger partial charge is 0.274 e. The lowest BCUT2D eigenvalue weighted by atomic mass is 10.2. The van der Waals surface area contributed by atoms with E-state index >= 15 is 0 Å². The van der Waals surface area contributed by atoms with E-state index in [1.807, 2.05) is 6.07 Å². The molecule has 2 amide bonds. The van der Waals surface area contributed by atoms with Gasteiger partial charge in [-0.2, -0.15) is 0 Å². The van der Waals surface area contributed by atoms with E-state index in [0.717, 1.165) is 25.2 Å². The zero-order valence-electron chi connectivity index (χ0n) is 14.1. The minimum absolute atomic E-state index is 0.188. The first-order chi connectivity index (χ1) is 12.7. The molecule has 1 N–H and O–H groups in total. The molecule has 0 atom stereocenters. The summed E-state index contributed by atoms with van der Waals surface area (Å²) in [5.74, 6) is 0.979. The molecule has 0 aliphatic carbocycles. The van der Waals surface area contributed by atoms with Gasteiger partial charge in [0, 0.05) is 49.8 Å². The molecule has 2 aliphatic heterocycles.